The van der Waals surface area contributed by atoms with E-state index in [-0.39, 0.29) is 5.91 Å². The average Bonchev–Trinajstić information content (AvgIpc) is 3.31. The molecule has 5 rings (SSSR count). The van der Waals surface area contributed by atoms with Crippen molar-refractivity contribution >= 4 is 44.0 Å². The van der Waals surface area contributed by atoms with Crippen LogP contribution in [0.2, 0.25) is 0 Å². The van der Waals surface area contributed by atoms with Crippen LogP contribution in [0.25, 0.3) is 11.3 Å². The van der Waals surface area contributed by atoms with E-state index in [1.165, 1.54) is 4.88 Å². The van der Waals surface area contributed by atoms with Gasteiger partial charge in [0.05, 0.1) is 27.3 Å². The highest BCUT2D eigenvalue weighted by Gasteiger charge is 2.28. The molecule has 4 nitrogen and oxygen atoms in total. The van der Waals surface area contributed by atoms with Crippen LogP contribution in [0.1, 0.15) is 44.6 Å². The Balaban J connectivity index is 1.26. The molecule has 1 saturated heterocycles. The number of rotatable bonds is 6. The first-order valence-electron chi connectivity index (χ1n) is 12.0. The molecule has 0 spiro atoms. The molecule has 0 saturated carbocycles. The topological polar surface area (TPSA) is 50.3 Å². The predicted molar refractivity (Wildman–Crippen MR) is 151 cm³/mol. The van der Waals surface area contributed by atoms with E-state index >= 15 is 0 Å². The molecule has 184 valence electrons. The summed E-state index contributed by atoms with van der Waals surface area (Å²) in [6.07, 6.45) is 1.80. The van der Waals surface area contributed by atoms with Crippen LogP contribution < -0.4 is 0 Å². The van der Waals surface area contributed by atoms with Crippen molar-refractivity contribution in [2.75, 3.05) is 13.1 Å². The Kier molecular flexibility index (Phi) is 7.79. The molecule has 1 atom stereocenters. The smallest absolute Gasteiger partial charge is 0.254 e. The molecule has 1 amide bonds. The van der Waals surface area contributed by atoms with E-state index in [9.17, 15) is 9.00 Å². The van der Waals surface area contributed by atoms with Crippen molar-refractivity contribution in [3.63, 3.8) is 0 Å². The van der Waals surface area contributed by atoms with Crippen LogP contribution in [0.5, 0.6) is 0 Å². The second kappa shape index (κ2) is 11.2. The fourth-order valence-corrected chi connectivity index (χ4v) is 7.16. The molecule has 1 aliphatic rings. The lowest BCUT2D eigenvalue weighted by Gasteiger charge is -2.31. The predicted octanol–water partition coefficient (Wildman–Crippen LogP) is 7.21. The van der Waals surface area contributed by atoms with Crippen LogP contribution >= 0.6 is 27.3 Å². The van der Waals surface area contributed by atoms with Crippen molar-refractivity contribution in [2.24, 2.45) is 0 Å². The Morgan fingerprint density at radius 1 is 1.00 bits per heavy atom. The van der Waals surface area contributed by atoms with Crippen molar-refractivity contribution in [1.82, 2.24) is 9.88 Å². The first-order valence-corrected chi connectivity index (χ1v) is 15.0. The van der Waals surface area contributed by atoms with Crippen LogP contribution in [-0.2, 0) is 16.6 Å². The Labute approximate surface area is 227 Å². The van der Waals surface area contributed by atoms with E-state index in [0.29, 0.717) is 30.3 Å². The number of hydrogen-bond acceptors (Lipinski definition) is 4. The molecule has 1 unspecified atom stereocenters. The lowest BCUT2D eigenvalue weighted by molar-refractivity contribution is 0.0712. The fourth-order valence-electron chi connectivity index (χ4n) is 4.62. The maximum absolute atomic E-state index is 13.5. The van der Waals surface area contributed by atoms with Gasteiger partial charge in [-0.1, -0.05) is 64.5 Å². The van der Waals surface area contributed by atoms with Crippen molar-refractivity contribution in [3.05, 3.63) is 104 Å². The number of aryl methyl sites for hydroxylation is 1. The van der Waals surface area contributed by atoms with Gasteiger partial charge in [-0.15, -0.1) is 11.3 Å². The first-order chi connectivity index (χ1) is 17.5. The molecule has 0 N–H and O–H groups in total. The zero-order chi connectivity index (χ0) is 25.1. The van der Waals surface area contributed by atoms with Crippen molar-refractivity contribution < 1.29 is 9.00 Å². The molecule has 4 aromatic rings. The van der Waals surface area contributed by atoms with Crippen LogP contribution in [0, 0.1) is 6.92 Å². The molecule has 1 aliphatic heterocycles. The Bertz CT molecular complexity index is 1380. The van der Waals surface area contributed by atoms with Gasteiger partial charge in [0.15, 0.2) is 0 Å². The van der Waals surface area contributed by atoms with Gasteiger partial charge in [0.25, 0.3) is 5.91 Å². The third kappa shape index (κ3) is 5.53. The summed E-state index contributed by atoms with van der Waals surface area (Å²) < 4.78 is 14.0. The summed E-state index contributed by atoms with van der Waals surface area (Å²) in [6, 6.07) is 25.3. The van der Waals surface area contributed by atoms with Gasteiger partial charge in [-0.3, -0.25) is 9.00 Å². The van der Waals surface area contributed by atoms with Crippen molar-refractivity contribution in [3.8, 4) is 11.3 Å². The van der Waals surface area contributed by atoms with Crippen molar-refractivity contribution in [2.45, 2.75) is 36.3 Å². The number of halogens is 1. The summed E-state index contributed by atoms with van der Waals surface area (Å²) in [5.41, 5.74) is 3.68. The third-order valence-electron chi connectivity index (χ3n) is 6.60. The highest BCUT2D eigenvalue weighted by atomic mass is 79.9. The molecular formula is C29H27BrN2O2S2. The molecule has 7 heteroatoms. The minimum Gasteiger partial charge on any atom is -0.339 e. The SMILES string of the molecule is Cc1sc(C2CCN(C(=O)c3ccccc3CS(=O)c3ccccc3)CC2)nc1-c1ccc(Br)cc1. The van der Waals surface area contributed by atoms with Crippen molar-refractivity contribution in [1.29, 1.82) is 0 Å². The van der Waals surface area contributed by atoms with Gasteiger partial charge in [0.1, 0.15) is 0 Å². The van der Waals surface area contributed by atoms with Gasteiger partial charge in [0, 0.05) is 44.4 Å². The summed E-state index contributed by atoms with van der Waals surface area (Å²) in [7, 11) is -1.19. The second-order valence-electron chi connectivity index (χ2n) is 8.99. The van der Waals surface area contributed by atoms with E-state index in [1.54, 1.807) is 11.3 Å². The molecular weight excluding hydrogens is 552 g/mol. The maximum Gasteiger partial charge on any atom is 0.254 e. The van der Waals surface area contributed by atoms with E-state index in [4.69, 9.17) is 4.98 Å². The molecule has 36 heavy (non-hydrogen) atoms. The number of carbonyl (C=O) groups is 1. The van der Waals surface area contributed by atoms with Gasteiger partial charge in [-0.25, -0.2) is 4.98 Å². The Hall–Kier alpha value is -2.61. The second-order valence-corrected chi connectivity index (χ2v) is 12.6. The summed E-state index contributed by atoms with van der Waals surface area (Å²) in [6.45, 7) is 3.53. The summed E-state index contributed by atoms with van der Waals surface area (Å²) in [4.78, 5) is 22.4. The lowest BCUT2D eigenvalue weighted by Crippen LogP contribution is -2.38. The Morgan fingerprint density at radius 3 is 2.39 bits per heavy atom. The van der Waals surface area contributed by atoms with Gasteiger partial charge >= 0.3 is 0 Å². The number of benzene rings is 3. The molecule has 1 fully saturated rings. The minimum atomic E-state index is -1.19. The normalized spacial score (nSPS) is 15.1. The highest BCUT2D eigenvalue weighted by molar-refractivity contribution is 9.10. The van der Waals surface area contributed by atoms with Crippen LogP contribution in [0.15, 0.2) is 88.2 Å². The largest absolute Gasteiger partial charge is 0.339 e. The Morgan fingerprint density at radius 2 is 1.67 bits per heavy atom. The minimum absolute atomic E-state index is 0.0278. The van der Waals surface area contributed by atoms with Gasteiger partial charge < -0.3 is 4.90 Å². The fraction of sp³-hybridized carbons (Fsp3) is 0.241. The van der Waals surface area contributed by atoms with Crippen LogP contribution in [0.4, 0.5) is 0 Å². The zero-order valence-electron chi connectivity index (χ0n) is 20.0. The molecule has 3 aromatic carbocycles. The number of nitrogens with zero attached hydrogens (tertiary/aromatic N) is 2. The van der Waals surface area contributed by atoms with Gasteiger partial charge in [-0.2, -0.15) is 0 Å². The third-order valence-corrected chi connectivity index (χ3v) is 9.64. The summed E-state index contributed by atoms with van der Waals surface area (Å²) in [5, 5.41) is 1.16. The standard InChI is InChI=1S/C29H27BrN2O2S2/c1-20-27(21-11-13-24(30)14-12-21)31-28(35-20)22-15-17-32(18-16-22)29(33)26-10-6-5-7-23(26)19-36(34)25-8-3-2-4-9-25/h2-14,22H,15-19H2,1H3. The number of piperidine rings is 1. The number of carbonyl (C=O) groups excluding carboxylic acids is 1. The molecule has 1 aromatic heterocycles. The van der Waals surface area contributed by atoms with Crippen LogP contribution in [-0.4, -0.2) is 33.1 Å². The monoisotopic (exact) mass is 578 g/mol. The molecule has 0 bridgehead atoms. The van der Waals surface area contributed by atoms with E-state index in [2.05, 4.69) is 35.0 Å². The quantitative estimate of drug-likeness (QED) is 0.243. The number of likely N-dealkylation sites (tertiary alicyclic amines) is 1. The molecule has 0 aliphatic carbocycles. The zero-order valence-corrected chi connectivity index (χ0v) is 23.2. The number of amides is 1. The number of aromatic nitrogens is 1. The lowest BCUT2D eigenvalue weighted by atomic mass is 9.96. The summed E-state index contributed by atoms with van der Waals surface area (Å²) in [5.74, 6) is 0.724. The molecule has 2 heterocycles. The number of thiazole rings is 1. The summed E-state index contributed by atoms with van der Waals surface area (Å²) >= 11 is 5.27. The highest BCUT2D eigenvalue weighted by Crippen LogP contribution is 2.36. The first kappa shape index (κ1) is 25.1. The van der Waals surface area contributed by atoms with Crippen LogP contribution in [0.3, 0.4) is 0 Å². The van der Waals surface area contributed by atoms with E-state index in [0.717, 1.165) is 44.0 Å². The number of hydrogen-bond donors (Lipinski definition) is 0. The van der Waals surface area contributed by atoms with E-state index in [1.807, 2.05) is 71.6 Å². The van der Waals surface area contributed by atoms with Gasteiger partial charge in [-0.05, 0) is 55.7 Å². The average molecular weight is 580 g/mol. The molecule has 0 radical (unpaired) electrons. The van der Waals surface area contributed by atoms with E-state index < -0.39 is 10.8 Å². The van der Waals surface area contributed by atoms with Gasteiger partial charge in [0.2, 0.25) is 0 Å². The maximum atomic E-state index is 13.5.